The molecule has 1 heterocycles. The lowest BCUT2D eigenvalue weighted by Crippen LogP contribution is -2.30. The highest BCUT2D eigenvalue weighted by atomic mass is 15.1. The van der Waals surface area contributed by atoms with E-state index in [1.54, 1.807) is 0 Å². The molecule has 0 aromatic heterocycles. The van der Waals surface area contributed by atoms with E-state index in [2.05, 4.69) is 25.7 Å². The van der Waals surface area contributed by atoms with Crippen LogP contribution in [-0.2, 0) is 0 Å². The molecule has 0 spiro atoms. The SMILES string of the molecule is CCC(C)(C)CCCCN1CCCCC1. The Balaban J connectivity index is 2.00. The molecule has 0 radical (unpaired) electrons. The summed E-state index contributed by atoms with van der Waals surface area (Å²) < 4.78 is 0. The van der Waals surface area contributed by atoms with Gasteiger partial charge in [0, 0.05) is 0 Å². The Morgan fingerprint density at radius 1 is 1.00 bits per heavy atom. The van der Waals surface area contributed by atoms with E-state index < -0.39 is 0 Å². The van der Waals surface area contributed by atoms with Crippen LogP contribution in [0.5, 0.6) is 0 Å². The number of piperidine rings is 1. The molecule has 0 atom stereocenters. The van der Waals surface area contributed by atoms with Gasteiger partial charge in [-0.05, 0) is 50.7 Å². The summed E-state index contributed by atoms with van der Waals surface area (Å²) in [5, 5.41) is 0. The predicted molar refractivity (Wildman–Crippen MR) is 68.2 cm³/mol. The van der Waals surface area contributed by atoms with Crippen LogP contribution in [0.1, 0.15) is 65.7 Å². The number of hydrogen-bond acceptors (Lipinski definition) is 1. The Morgan fingerprint density at radius 2 is 1.67 bits per heavy atom. The van der Waals surface area contributed by atoms with Gasteiger partial charge in [0.1, 0.15) is 0 Å². The summed E-state index contributed by atoms with van der Waals surface area (Å²) in [6, 6.07) is 0. The van der Waals surface area contributed by atoms with E-state index in [0.29, 0.717) is 5.41 Å². The first-order valence-corrected chi connectivity index (χ1v) is 6.86. The van der Waals surface area contributed by atoms with Crippen LogP contribution >= 0.6 is 0 Å². The van der Waals surface area contributed by atoms with Crippen molar-refractivity contribution >= 4 is 0 Å². The number of hydrogen-bond donors (Lipinski definition) is 0. The third-order valence-electron chi connectivity index (χ3n) is 3.98. The van der Waals surface area contributed by atoms with E-state index in [1.165, 1.54) is 64.6 Å². The maximum atomic E-state index is 2.66. The van der Waals surface area contributed by atoms with Crippen molar-refractivity contribution in [1.82, 2.24) is 4.90 Å². The van der Waals surface area contributed by atoms with Crippen LogP contribution in [0.3, 0.4) is 0 Å². The van der Waals surface area contributed by atoms with Crippen LogP contribution in [0.2, 0.25) is 0 Å². The summed E-state index contributed by atoms with van der Waals surface area (Å²) in [6.07, 6.45) is 9.86. The van der Waals surface area contributed by atoms with Crippen LogP contribution in [0.15, 0.2) is 0 Å². The van der Waals surface area contributed by atoms with Crippen molar-refractivity contribution in [2.45, 2.75) is 65.7 Å². The van der Waals surface area contributed by atoms with Crippen molar-refractivity contribution in [3.05, 3.63) is 0 Å². The minimum Gasteiger partial charge on any atom is -0.303 e. The maximum Gasteiger partial charge on any atom is -0.00187 e. The quantitative estimate of drug-likeness (QED) is 0.598. The third-order valence-corrected chi connectivity index (χ3v) is 3.98. The minimum absolute atomic E-state index is 0.571. The Kier molecular flexibility index (Phi) is 5.66. The van der Waals surface area contributed by atoms with E-state index in [1.807, 2.05) is 0 Å². The van der Waals surface area contributed by atoms with E-state index in [0.717, 1.165) is 0 Å². The van der Waals surface area contributed by atoms with Crippen molar-refractivity contribution in [3.63, 3.8) is 0 Å². The van der Waals surface area contributed by atoms with Gasteiger partial charge in [-0.1, -0.05) is 40.0 Å². The molecular formula is C14H29N. The first kappa shape index (κ1) is 13.0. The van der Waals surface area contributed by atoms with Gasteiger partial charge >= 0.3 is 0 Å². The van der Waals surface area contributed by atoms with Gasteiger partial charge in [0.15, 0.2) is 0 Å². The van der Waals surface area contributed by atoms with Gasteiger partial charge in [-0.2, -0.15) is 0 Å². The Labute approximate surface area is 96.2 Å². The minimum atomic E-state index is 0.571. The maximum absolute atomic E-state index is 2.66. The molecule has 1 fully saturated rings. The van der Waals surface area contributed by atoms with Crippen molar-refractivity contribution in [2.24, 2.45) is 5.41 Å². The highest BCUT2D eigenvalue weighted by Gasteiger charge is 2.14. The van der Waals surface area contributed by atoms with Crippen molar-refractivity contribution < 1.29 is 0 Å². The standard InChI is InChI=1S/C14H29N/c1-4-14(2,3)10-6-9-13-15-11-7-5-8-12-15/h4-13H2,1-3H3. The normalized spacial score (nSPS) is 19.4. The molecule has 0 amide bonds. The first-order valence-electron chi connectivity index (χ1n) is 6.86. The summed E-state index contributed by atoms with van der Waals surface area (Å²) in [6.45, 7) is 11.2. The third kappa shape index (κ3) is 5.55. The molecule has 1 rings (SSSR count). The predicted octanol–water partition coefficient (Wildman–Crippen LogP) is 4.08. The first-order chi connectivity index (χ1) is 7.14. The number of likely N-dealkylation sites (tertiary alicyclic amines) is 1. The lowest BCUT2D eigenvalue weighted by atomic mass is 9.85. The Hall–Kier alpha value is -0.0400. The highest BCUT2D eigenvalue weighted by Crippen LogP contribution is 2.26. The second-order valence-corrected chi connectivity index (χ2v) is 5.88. The second kappa shape index (κ2) is 6.52. The smallest absolute Gasteiger partial charge is 0.00187 e. The van der Waals surface area contributed by atoms with Crippen LogP contribution < -0.4 is 0 Å². The molecule has 0 N–H and O–H groups in total. The second-order valence-electron chi connectivity index (χ2n) is 5.88. The molecule has 90 valence electrons. The number of unbranched alkanes of at least 4 members (excludes halogenated alkanes) is 1. The molecule has 0 aromatic carbocycles. The van der Waals surface area contributed by atoms with Crippen molar-refractivity contribution in [2.75, 3.05) is 19.6 Å². The molecule has 1 heteroatoms. The molecule has 1 saturated heterocycles. The molecular weight excluding hydrogens is 182 g/mol. The average Bonchev–Trinajstić information content (AvgIpc) is 2.26. The number of nitrogens with zero attached hydrogens (tertiary/aromatic N) is 1. The van der Waals surface area contributed by atoms with Gasteiger partial charge in [-0.3, -0.25) is 0 Å². The Bertz CT molecular complexity index is 157. The van der Waals surface area contributed by atoms with Crippen LogP contribution in [-0.4, -0.2) is 24.5 Å². The molecule has 0 aliphatic carbocycles. The van der Waals surface area contributed by atoms with Gasteiger partial charge < -0.3 is 4.90 Å². The number of rotatable bonds is 6. The largest absolute Gasteiger partial charge is 0.303 e. The molecule has 1 nitrogen and oxygen atoms in total. The summed E-state index contributed by atoms with van der Waals surface area (Å²) in [4.78, 5) is 2.66. The van der Waals surface area contributed by atoms with Crippen molar-refractivity contribution in [1.29, 1.82) is 0 Å². The molecule has 0 bridgehead atoms. The lowest BCUT2D eigenvalue weighted by Gasteiger charge is -2.27. The topological polar surface area (TPSA) is 3.24 Å². The zero-order chi connectivity index (χ0) is 11.1. The van der Waals surface area contributed by atoms with Gasteiger partial charge in [-0.25, -0.2) is 0 Å². The molecule has 1 aliphatic heterocycles. The molecule has 0 unspecified atom stereocenters. The fraction of sp³-hybridized carbons (Fsp3) is 1.00. The fourth-order valence-corrected chi connectivity index (χ4v) is 2.30. The highest BCUT2D eigenvalue weighted by molar-refractivity contribution is 4.68. The molecule has 15 heavy (non-hydrogen) atoms. The summed E-state index contributed by atoms with van der Waals surface area (Å²) in [7, 11) is 0. The van der Waals surface area contributed by atoms with Crippen LogP contribution in [0.4, 0.5) is 0 Å². The Morgan fingerprint density at radius 3 is 2.27 bits per heavy atom. The zero-order valence-corrected chi connectivity index (χ0v) is 11.0. The van der Waals surface area contributed by atoms with E-state index in [9.17, 15) is 0 Å². The van der Waals surface area contributed by atoms with Gasteiger partial charge in [0.25, 0.3) is 0 Å². The average molecular weight is 211 g/mol. The summed E-state index contributed by atoms with van der Waals surface area (Å²) >= 11 is 0. The van der Waals surface area contributed by atoms with Crippen molar-refractivity contribution in [3.8, 4) is 0 Å². The molecule has 0 saturated carbocycles. The molecule has 1 aliphatic rings. The van der Waals surface area contributed by atoms with Crippen LogP contribution in [0, 0.1) is 5.41 Å². The van der Waals surface area contributed by atoms with E-state index in [4.69, 9.17) is 0 Å². The summed E-state index contributed by atoms with van der Waals surface area (Å²) in [5.41, 5.74) is 0.571. The summed E-state index contributed by atoms with van der Waals surface area (Å²) in [5.74, 6) is 0. The molecule has 0 aromatic rings. The van der Waals surface area contributed by atoms with Gasteiger partial charge in [-0.15, -0.1) is 0 Å². The van der Waals surface area contributed by atoms with E-state index in [-0.39, 0.29) is 0 Å². The zero-order valence-electron chi connectivity index (χ0n) is 11.0. The van der Waals surface area contributed by atoms with Crippen LogP contribution in [0.25, 0.3) is 0 Å². The van der Waals surface area contributed by atoms with Gasteiger partial charge in [0.2, 0.25) is 0 Å². The lowest BCUT2D eigenvalue weighted by molar-refractivity contribution is 0.217. The fourth-order valence-electron chi connectivity index (χ4n) is 2.30. The monoisotopic (exact) mass is 211 g/mol. The van der Waals surface area contributed by atoms with Gasteiger partial charge in [0.05, 0.1) is 0 Å². The van der Waals surface area contributed by atoms with E-state index >= 15 is 0 Å².